The lowest BCUT2D eigenvalue weighted by Crippen LogP contribution is -2.42. The van der Waals surface area contributed by atoms with Crippen molar-refractivity contribution < 1.29 is 32.5 Å². The minimum Gasteiger partial charge on any atom is -0.496 e. The zero-order valence-corrected chi connectivity index (χ0v) is 18.0. The Morgan fingerprint density at radius 3 is 2.28 bits per heavy atom. The van der Waals surface area contributed by atoms with Crippen LogP contribution in [0.25, 0.3) is 11.1 Å². The standard InChI is InChI=1S/C23H27F3N2O4/c1-28(22(29)30)19-8-6-18(7-9-19)27-14-17-13-16(5-12-21(17)31-2)15-3-10-20(11-4-15)32-23(24,25)26/h3-5,10-13,18-19,27H,6-9,14H2,1-2H3,(H,29,30). The highest BCUT2D eigenvalue weighted by Gasteiger charge is 2.31. The fraction of sp³-hybridized carbons (Fsp3) is 0.435. The third kappa shape index (κ3) is 6.29. The Hall–Kier alpha value is -2.94. The fourth-order valence-electron chi connectivity index (χ4n) is 4.02. The van der Waals surface area contributed by atoms with Crippen LogP contribution in [0.3, 0.4) is 0 Å². The number of amides is 1. The number of hydrogen-bond acceptors (Lipinski definition) is 4. The normalized spacial score (nSPS) is 18.8. The molecule has 1 aliphatic carbocycles. The van der Waals surface area contributed by atoms with Gasteiger partial charge in [-0.05, 0) is 61.1 Å². The second-order valence-corrected chi connectivity index (χ2v) is 7.88. The molecule has 1 saturated carbocycles. The third-order valence-corrected chi connectivity index (χ3v) is 5.83. The predicted molar refractivity (Wildman–Crippen MR) is 114 cm³/mol. The van der Waals surface area contributed by atoms with Crippen LogP contribution >= 0.6 is 0 Å². The van der Waals surface area contributed by atoms with E-state index in [0.717, 1.165) is 48.1 Å². The van der Waals surface area contributed by atoms with E-state index in [9.17, 15) is 18.0 Å². The van der Waals surface area contributed by atoms with Crippen molar-refractivity contribution in [2.45, 2.75) is 50.7 Å². The summed E-state index contributed by atoms with van der Waals surface area (Å²) in [5.74, 6) is 0.457. The molecule has 0 saturated heterocycles. The van der Waals surface area contributed by atoms with Crippen LogP contribution in [-0.4, -0.2) is 48.7 Å². The van der Waals surface area contributed by atoms with E-state index in [0.29, 0.717) is 6.54 Å². The Balaban J connectivity index is 1.64. The van der Waals surface area contributed by atoms with Gasteiger partial charge >= 0.3 is 12.5 Å². The summed E-state index contributed by atoms with van der Waals surface area (Å²) in [6.45, 7) is 0.566. The van der Waals surface area contributed by atoms with E-state index in [4.69, 9.17) is 9.84 Å². The number of benzene rings is 2. The van der Waals surface area contributed by atoms with Crippen LogP contribution in [-0.2, 0) is 6.54 Å². The SMILES string of the molecule is COc1ccc(-c2ccc(OC(F)(F)F)cc2)cc1CNC1CCC(N(C)C(=O)O)CC1. The van der Waals surface area contributed by atoms with Crippen LogP contribution in [0.5, 0.6) is 11.5 Å². The summed E-state index contributed by atoms with van der Waals surface area (Å²) in [5, 5.41) is 12.7. The zero-order chi connectivity index (χ0) is 23.3. The van der Waals surface area contributed by atoms with Gasteiger partial charge in [0.1, 0.15) is 11.5 Å². The summed E-state index contributed by atoms with van der Waals surface area (Å²) in [7, 11) is 3.20. The summed E-state index contributed by atoms with van der Waals surface area (Å²) in [5.41, 5.74) is 2.55. The second-order valence-electron chi connectivity index (χ2n) is 7.88. The molecule has 3 rings (SSSR count). The Morgan fingerprint density at radius 1 is 1.09 bits per heavy atom. The molecule has 1 fully saturated rings. The van der Waals surface area contributed by atoms with Crippen LogP contribution in [0.4, 0.5) is 18.0 Å². The van der Waals surface area contributed by atoms with E-state index in [2.05, 4.69) is 10.1 Å². The molecule has 0 atom stereocenters. The van der Waals surface area contributed by atoms with Gasteiger partial charge in [0.05, 0.1) is 7.11 Å². The minimum atomic E-state index is -4.72. The van der Waals surface area contributed by atoms with Gasteiger partial charge < -0.3 is 24.8 Å². The lowest BCUT2D eigenvalue weighted by Gasteiger charge is -2.33. The zero-order valence-electron chi connectivity index (χ0n) is 18.0. The second kappa shape index (κ2) is 10.1. The Morgan fingerprint density at radius 2 is 1.72 bits per heavy atom. The van der Waals surface area contributed by atoms with Crippen LogP contribution in [0.1, 0.15) is 31.2 Å². The molecule has 2 aromatic rings. The molecular weight excluding hydrogens is 425 g/mol. The van der Waals surface area contributed by atoms with E-state index in [1.54, 1.807) is 26.3 Å². The number of halogens is 3. The molecule has 0 unspecified atom stereocenters. The lowest BCUT2D eigenvalue weighted by atomic mass is 9.90. The molecule has 2 aromatic carbocycles. The van der Waals surface area contributed by atoms with Crippen LogP contribution in [0.15, 0.2) is 42.5 Å². The Kier molecular flexibility index (Phi) is 7.50. The van der Waals surface area contributed by atoms with E-state index >= 15 is 0 Å². The van der Waals surface area contributed by atoms with Crippen LogP contribution in [0.2, 0.25) is 0 Å². The van der Waals surface area contributed by atoms with Crippen molar-refractivity contribution in [1.82, 2.24) is 10.2 Å². The van der Waals surface area contributed by atoms with Crippen molar-refractivity contribution in [2.75, 3.05) is 14.2 Å². The number of ether oxygens (including phenoxy) is 2. The van der Waals surface area contributed by atoms with Crippen LogP contribution < -0.4 is 14.8 Å². The van der Waals surface area contributed by atoms with Crippen molar-refractivity contribution >= 4 is 6.09 Å². The van der Waals surface area contributed by atoms with Gasteiger partial charge in [-0.2, -0.15) is 0 Å². The maximum absolute atomic E-state index is 12.4. The van der Waals surface area contributed by atoms with E-state index in [-0.39, 0.29) is 17.8 Å². The maximum atomic E-state index is 12.4. The van der Waals surface area contributed by atoms with Crippen LogP contribution in [0, 0.1) is 0 Å². The van der Waals surface area contributed by atoms with Gasteiger partial charge in [-0.1, -0.05) is 18.2 Å². The molecule has 0 bridgehead atoms. The number of nitrogens with zero attached hydrogens (tertiary/aromatic N) is 1. The molecule has 6 nitrogen and oxygen atoms in total. The predicted octanol–water partition coefficient (Wildman–Crippen LogP) is 5.27. The van der Waals surface area contributed by atoms with Crippen molar-refractivity contribution in [1.29, 1.82) is 0 Å². The molecule has 0 aliphatic heterocycles. The summed E-state index contributed by atoms with van der Waals surface area (Å²) >= 11 is 0. The molecule has 9 heteroatoms. The van der Waals surface area contributed by atoms with Gasteiger partial charge in [-0.25, -0.2) is 4.79 Å². The lowest BCUT2D eigenvalue weighted by molar-refractivity contribution is -0.274. The average molecular weight is 452 g/mol. The third-order valence-electron chi connectivity index (χ3n) is 5.83. The fourth-order valence-corrected chi connectivity index (χ4v) is 4.02. The van der Waals surface area contributed by atoms with Gasteiger partial charge in [0, 0.05) is 31.2 Å². The number of hydrogen-bond donors (Lipinski definition) is 2. The highest BCUT2D eigenvalue weighted by Crippen LogP contribution is 2.30. The molecule has 174 valence electrons. The maximum Gasteiger partial charge on any atom is 0.573 e. The molecule has 32 heavy (non-hydrogen) atoms. The molecule has 1 amide bonds. The highest BCUT2D eigenvalue weighted by atomic mass is 19.4. The van der Waals surface area contributed by atoms with Gasteiger partial charge in [0.15, 0.2) is 0 Å². The molecule has 2 N–H and O–H groups in total. The molecule has 0 heterocycles. The van der Waals surface area contributed by atoms with Crippen molar-refractivity contribution in [3.8, 4) is 22.6 Å². The molecular formula is C23H27F3N2O4. The number of carbonyl (C=O) groups is 1. The smallest absolute Gasteiger partial charge is 0.496 e. The first-order valence-electron chi connectivity index (χ1n) is 10.4. The number of carboxylic acid groups (broad SMARTS) is 1. The average Bonchev–Trinajstić information content (AvgIpc) is 2.76. The first-order chi connectivity index (χ1) is 15.2. The van der Waals surface area contributed by atoms with E-state index in [1.807, 2.05) is 18.2 Å². The first kappa shape index (κ1) is 23.7. The summed E-state index contributed by atoms with van der Waals surface area (Å²) in [6, 6.07) is 11.7. The molecule has 0 spiro atoms. The van der Waals surface area contributed by atoms with Crippen molar-refractivity contribution in [2.24, 2.45) is 0 Å². The topological polar surface area (TPSA) is 71.0 Å². The summed E-state index contributed by atoms with van der Waals surface area (Å²) in [4.78, 5) is 12.5. The van der Waals surface area contributed by atoms with Gasteiger partial charge in [-0.3, -0.25) is 0 Å². The number of nitrogens with one attached hydrogen (secondary N) is 1. The summed E-state index contributed by atoms with van der Waals surface area (Å²) in [6.07, 6.45) is -2.24. The Labute approximate surface area is 184 Å². The van der Waals surface area contributed by atoms with Crippen molar-refractivity contribution in [3.05, 3.63) is 48.0 Å². The number of alkyl halides is 3. The van der Waals surface area contributed by atoms with Crippen molar-refractivity contribution in [3.63, 3.8) is 0 Å². The largest absolute Gasteiger partial charge is 0.573 e. The molecule has 0 aromatic heterocycles. The highest BCUT2D eigenvalue weighted by molar-refractivity contribution is 5.66. The Bertz CT molecular complexity index is 910. The number of methoxy groups -OCH3 is 1. The quantitative estimate of drug-likeness (QED) is 0.599. The summed E-state index contributed by atoms with van der Waals surface area (Å²) < 4.78 is 46.5. The van der Waals surface area contributed by atoms with E-state index in [1.165, 1.54) is 17.0 Å². The number of rotatable bonds is 7. The first-order valence-corrected chi connectivity index (χ1v) is 10.4. The minimum absolute atomic E-state index is 0.0488. The van der Waals surface area contributed by atoms with Gasteiger partial charge in [-0.15, -0.1) is 13.2 Å². The van der Waals surface area contributed by atoms with Gasteiger partial charge in [0.2, 0.25) is 0 Å². The van der Waals surface area contributed by atoms with Gasteiger partial charge in [0.25, 0.3) is 0 Å². The van der Waals surface area contributed by atoms with E-state index < -0.39 is 12.5 Å². The monoisotopic (exact) mass is 452 g/mol. The molecule has 1 aliphatic rings. The molecule has 0 radical (unpaired) electrons.